The fraction of sp³-hybridized carbons (Fsp3) is 0.478. The van der Waals surface area contributed by atoms with Crippen molar-refractivity contribution in [2.45, 2.75) is 63.5 Å². The summed E-state index contributed by atoms with van der Waals surface area (Å²) in [6.07, 6.45) is 9.20. The average Bonchev–Trinajstić information content (AvgIpc) is 3.41. The number of benzene rings is 1. The summed E-state index contributed by atoms with van der Waals surface area (Å²) in [5.74, 6) is 1.75. The van der Waals surface area contributed by atoms with Gasteiger partial charge >= 0.3 is 0 Å². The fourth-order valence-corrected chi connectivity index (χ4v) is 4.91. The van der Waals surface area contributed by atoms with E-state index in [0.29, 0.717) is 17.5 Å². The molecule has 30 heavy (non-hydrogen) atoms. The van der Waals surface area contributed by atoms with E-state index in [4.69, 9.17) is 19.6 Å². The second-order valence-corrected chi connectivity index (χ2v) is 8.12. The molecule has 7 heteroatoms. The summed E-state index contributed by atoms with van der Waals surface area (Å²) in [7, 11) is 0. The molecule has 1 saturated heterocycles. The Hall–Kier alpha value is -2.98. The summed E-state index contributed by atoms with van der Waals surface area (Å²) >= 11 is 0. The minimum Gasteiger partial charge on any atom is -0.483 e. The molecule has 2 aromatic heterocycles. The molecule has 0 radical (unpaired) electrons. The normalized spacial score (nSPS) is 21.9. The largest absolute Gasteiger partial charge is 0.483 e. The van der Waals surface area contributed by atoms with Gasteiger partial charge in [0.15, 0.2) is 0 Å². The van der Waals surface area contributed by atoms with Crippen LogP contribution >= 0.6 is 0 Å². The number of nitrogens with zero attached hydrogens (tertiary/aromatic N) is 4. The summed E-state index contributed by atoms with van der Waals surface area (Å²) in [4.78, 5) is 18.1. The van der Waals surface area contributed by atoms with Gasteiger partial charge in [0.25, 0.3) is 6.47 Å². The minimum atomic E-state index is -0.250. The zero-order valence-corrected chi connectivity index (χ0v) is 17.1. The molecule has 0 spiro atoms. The quantitative estimate of drug-likeness (QED) is 0.626. The summed E-state index contributed by atoms with van der Waals surface area (Å²) in [5, 5.41) is 17.3. The molecule has 5 rings (SSSR count). The summed E-state index contributed by atoms with van der Waals surface area (Å²) < 4.78 is 8.31. The number of hydrogen-bond donors (Lipinski definition) is 1. The maximum absolute atomic E-state index is 9.39. The van der Waals surface area contributed by atoms with Gasteiger partial charge in [0, 0.05) is 24.0 Å². The molecule has 0 bridgehead atoms. The Morgan fingerprint density at radius 2 is 2.03 bits per heavy atom. The standard InChI is InChI=1S/C22H24N4O.CH2O2/c1-14-10-17(8-9-27-14)26-21-18-11-15(12-23)6-7-19(18)24-13-20(21)25-22(26)16-4-2-3-5-16;2-1-3/h6-7,11,13-14,16-17H,2-5,8-10H2,1H3;1H,(H,2,3)/t14-,17-;/m1./s1. The van der Waals surface area contributed by atoms with Gasteiger partial charge in [0.05, 0.1) is 35.0 Å². The predicted molar refractivity (Wildman–Crippen MR) is 113 cm³/mol. The number of carbonyl (C=O) groups is 1. The van der Waals surface area contributed by atoms with Crippen LogP contribution in [0, 0.1) is 11.3 Å². The molecule has 0 unspecified atom stereocenters. The van der Waals surface area contributed by atoms with Gasteiger partial charge in [-0.3, -0.25) is 9.78 Å². The van der Waals surface area contributed by atoms with E-state index in [9.17, 15) is 5.26 Å². The number of nitriles is 1. The molecule has 1 aliphatic carbocycles. The van der Waals surface area contributed by atoms with Gasteiger partial charge in [-0.25, -0.2) is 4.98 Å². The number of pyridine rings is 1. The highest BCUT2D eigenvalue weighted by molar-refractivity contribution is 6.03. The number of aromatic nitrogens is 3. The van der Waals surface area contributed by atoms with Crippen molar-refractivity contribution >= 4 is 28.4 Å². The number of carboxylic acid groups (broad SMARTS) is 1. The number of fused-ring (bicyclic) bond motifs is 3. The van der Waals surface area contributed by atoms with Crippen LogP contribution in [0.15, 0.2) is 24.4 Å². The van der Waals surface area contributed by atoms with Gasteiger partial charge in [-0.15, -0.1) is 0 Å². The number of rotatable bonds is 2. The van der Waals surface area contributed by atoms with Crippen molar-refractivity contribution < 1.29 is 14.6 Å². The molecular weight excluding hydrogens is 380 g/mol. The SMILES string of the molecule is C[C@@H]1C[C@H](n2c(C3CCCC3)nc3cnc4ccc(C#N)cc4c32)CCO1.O=CO. The van der Waals surface area contributed by atoms with Crippen LogP contribution in [0.4, 0.5) is 0 Å². The van der Waals surface area contributed by atoms with Gasteiger partial charge in [0.1, 0.15) is 11.3 Å². The Bertz CT molecular complexity index is 1100. The van der Waals surface area contributed by atoms with E-state index in [1.807, 2.05) is 24.4 Å². The van der Waals surface area contributed by atoms with Gasteiger partial charge in [0.2, 0.25) is 0 Å². The molecule has 1 N–H and O–H groups in total. The van der Waals surface area contributed by atoms with Crippen LogP contribution in [-0.4, -0.2) is 38.8 Å². The Labute approximate surface area is 175 Å². The van der Waals surface area contributed by atoms with E-state index in [1.165, 1.54) is 31.5 Å². The second kappa shape index (κ2) is 8.80. The van der Waals surface area contributed by atoms with Crippen LogP contribution in [0.25, 0.3) is 21.9 Å². The van der Waals surface area contributed by atoms with Crippen LogP contribution < -0.4 is 0 Å². The highest BCUT2D eigenvalue weighted by atomic mass is 16.5. The van der Waals surface area contributed by atoms with E-state index in [2.05, 4.69) is 22.5 Å². The Balaban J connectivity index is 0.000000687. The molecule has 0 amide bonds. The van der Waals surface area contributed by atoms with Crippen LogP contribution in [-0.2, 0) is 9.53 Å². The molecule has 1 aromatic carbocycles. The molecule has 156 valence electrons. The van der Waals surface area contributed by atoms with Gasteiger partial charge < -0.3 is 14.4 Å². The lowest BCUT2D eigenvalue weighted by molar-refractivity contribution is -0.122. The first-order chi connectivity index (χ1) is 14.7. The lowest BCUT2D eigenvalue weighted by atomic mass is 10.0. The highest BCUT2D eigenvalue weighted by Gasteiger charge is 2.30. The summed E-state index contributed by atoms with van der Waals surface area (Å²) in [5.41, 5.74) is 3.71. The molecule has 3 heterocycles. The molecule has 7 nitrogen and oxygen atoms in total. The van der Waals surface area contributed by atoms with E-state index in [1.54, 1.807) is 0 Å². The second-order valence-electron chi connectivity index (χ2n) is 8.12. The van der Waals surface area contributed by atoms with E-state index in [-0.39, 0.29) is 12.6 Å². The first-order valence-electron chi connectivity index (χ1n) is 10.6. The number of ether oxygens (including phenoxy) is 1. The van der Waals surface area contributed by atoms with Gasteiger partial charge in [-0.1, -0.05) is 12.8 Å². The maximum Gasteiger partial charge on any atom is 0.290 e. The lowest BCUT2D eigenvalue weighted by Crippen LogP contribution is -2.27. The monoisotopic (exact) mass is 406 g/mol. The molecule has 1 saturated carbocycles. The number of imidazole rings is 1. The summed E-state index contributed by atoms with van der Waals surface area (Å²) in [6.45, 7) is 2.70. The molecular formula is C23H26N4O3. The van der Waals surface area contributed by atoms with E-state index >= 15 is 0 Å². The smallest absolute Gasteiger partial charge is 0.290 e. The van der Waals surface area contributed by atoms with Gasteiger partial charge in [-0.05, 0) is 50.8 Å². The van der Waals surface area contributed by atoms with Gasteiger partial charge in [-0.2, -0.15) is 5.26 Å². The van der Waals surface area contributed by atoms with Crippen molar-refractivity contribution in [2.24, 2.45) is 0 Å². The third-order valence-electron chi connectivity index (χ3n) is 6.21. The highest BCUT2D eigenvalue weighted by Crippen LogP contribution is 2.40. The first kappa shape index (κ1) is 20.3. The molecule has 2 aliphatic rings. The topological polar surface area (TPSA) is 101 Å². The number of hydrogen-bond acceptors (Lipinski definition) is 5. The molecule has 2 atom stereocenters. The third-order valence-corrected chi connectivity index (χ3v) is 6.21. The Kier molecular flexibility index (Phi) is 5.96. The Morgan fingerprint density at radius 3 is 2.73 bits per heavy atom. The van der Waals surface area contributed by atoms with E-state index in [0.717, 1.165) is 41.4 Å². The van der Waals surface area contributed by atoms with E-state index < -0.39 is 0 Å². The molecule has 1 aliphatic heterocycles. The minimum absolute atomic E-state index is 0.250. The third kappa shape index (κ3) is 3.75. The maximum atomic E-state index is 9.39. The molecule has 3 aromatic rings. The average molecular weight is 406 g/mol. The van der Waals surface area contributed by atoms with Crippen molar-refractivity contribution in [3.05, 3.63) is 35.8 Å². The summed E-state index contributed by atoms with van der Waals surface area (Å²) in [6, 6.07) is 8.44. The molecule has 2 fully saturated rings. The van der Waals surface area contributed by atoms with Crippen LogP contribution in [0.3, 0.4) is 0 Å². The van der Waals surface area contributed by atoms with Crippen molar-refractivity contribution in [2.75, 3.05) is 6.61 Å². The first-order valence-corrected chi connectivity index (χ1v) is 10.6. The fourth-order valence-electron chi connectivity index (χ4n) is 4.91. The van der Waals surface area contributed by atoms with Crippen LogP contribution in [0.2, 0.25) is 0 Å². The van der Waals surface area contributed by atoms with Crippen LogP contribution in [0.1, 0.15) is 68.8 Å². The predicted octanol–water partition coefficient (Wildman–Crippen LogP) is 4.55. The van der Waals surface area contributed by atoms with Crippen molar-refractivity contribution in [3.8, 4) is 6.07 Å². The van der Waals surface area contributed by atoms with Crippen LogP contribution in [0.5, 0.6) is 0 Å². The zero-order chi connectivity index (χ0) is 21.1. The lowest BCUT2D eigenvalue weighted by Gasteiger charge is -2.31. The Morgan fingerprint density at radius 1 is 1.27 bits per heavy atom. The van der Waals surface area contributed by atoms with Crippen molar-refractivity contribution in [1.29, 1.82) is 5.26 Å². The zero-order valence-electron chi connectivity index (χ0n) is 17.1. The van der Waals surface area contributed by atoms with Crippen molar-refractivity contribution in [1.82, 2.24) is 14.5 Å². The van der Waals surface area contributed by atoms with Crippen molar-refractivity contribution in [3.63, 3.8) is 0 Å².